The van der Waals surface area contributed by atoms with Crippen LogP contribution in [0.1, 0.15) is 29.8 Å². The molecule has 0 unspecified atom stereocenters. The molecule has 0 aliphatic carbocycles. The number of carbonyl (C=O) groups excluding carboxylic acids is 2. The maximum atomic E-state index is 13.1. The lowest BCUT2D eigenvalue weighted by atomic mass is 10.0. The van der Waals surface area contributed by atoms with Gasteiger partial charge in [-0.2, -0.15) is 0 Å². The van der Waals surface area contributed by atoms with Crippen LogP contribution in [0.5, 0.6) is 5.75 Å². The van der Waals surface area contributed by atoms with Crippen molar-refractivity contribution in [2.24, 2.45) is 0 Å². The number of carbonyl (C=O) groups is 2. The topological polar surface area (TPSA) is 64.4 Å². The molecule has 1 atom stereocenters. The molecule has 0 spiro atoms. The van der Waals surface area contributed by atoms with Crippen molar-refractivity contribution in [3.05, 3.63) is 66.0 Å². The van der Waals surface area contributed by atoms with Crippen molar-refractivity contribution >= 4 is 29.1 Å². The second-order valence-corrected chi connectivity index (χ2v) is 8.48. The predicted octanol–water partition coefficient (Wildman–Crippen LogP) is 4.15. The average Bonchev–Trinajstić information content (AvgIpc) is 3.39. The van der Waals surface area contributed by atoms with Gasteiger partial charge >= 0.3 is 0 Å². The Balaban J connectivity index is 1.53. The summed E-state index contributed by atoms with van der Waals surface area (Å²) >= 11 is 1.42. The number of thioether (sulfide) groups is 1. The van der Waals surface area contributed by atoms with E-state index in [2.05, 4.69) is 4.98 Å². The van der Waals surface area contributed by atoms with E-state index in [-0.39, 0.29) is 16.9 Å². The number of ether oxygens (including phenoxy) is 1. The first-order chi connectivity index (χ1) is 14.5. The molecule has 6 nitrogen and oxygen atoms in total. The van der Waals surface area contributed by atoms with Crippen LogP contribution in [0, 0.1) is 0 Å². The summed E-state index contributed by atoms with van der Waals surface area (Å²) in [7, 11) is 1.63. The van der Waals surface area contributed by atoms with Gasteiger partial charge in [0.25, 0.3) is 0 Å². The van der Waals surface area contributed by atoms with Crippen LogP contribution in [0.25, 0.3) is 5.69 Å². The number of rotatable bonds is 6. The van der Waals surface area contributed by atoms with Crippen molar-refractivity contribution in [3.63, 3.8) is 0 Å². The van der Waals surface area contributed by atoms with Crippen LogP contribution in [0.2, 0.25) is 0 Å². The molecule has 1 aliphatic rings. The van der Waals surface area contributed by atoms with Crippen LogP contribution >= 0.6 is 11.8 Å². The summed E-state index contributed by atoms with van der Waals surface area (Å²) in [6.07, 6.45) is 4.38. The van der Waals surface area contributed by atoms with E-state index in [0.29, 0.717) is 12.1 Å². The van der Waals surface area contributed by atoms with Gasteiger partial charge in [0.15, 0.2) is 10.9 Å². The van der Waals surface area contributed by atoms with E-state index in [4.69, 9.17) is 4.74 Å². The molecule has 0 saturated heterocycles. The standard InChI is InChI=1S/C23H23N3O3S/c1-15(22(28)18-7-8-21-17(13-18)9-11-25(21)16(2)27)30-23-24-10-12-26(23)19-5-4-6-20(14-19)29-3/h4-8,10,12-15H,9,11H2,1-3H3/t15-/m1/s1. The lowest BCUT2D eigenvalue weighted by Crippen LogP contribution is -2.25. The summed E-state index contributed by atoms with van der Waals surface area (Å²) < 4.78 is 7.26. The summed E-state index contributed by atoms with van der Waals surface area (Å²) in [5.74, 6) is 0.837. The Bertz CT molecular complexity index is 1110. The summed E-state index contributed by atoms with van der Waals surface area (Å²) in [5.41, 5.74) is 3.55. The molecule has 1 aromatic heterocycles. The lowest BCUT2D eigenvalue weighted by molar-refractivity contribution is -0.116. The van der Waals surface area contributed by atoms with Crippen molar-refractivity contribution in [1.82, 2.24) is 9.55 Å². The third-order valence-corrected chi connectivity index (χ3v) is 6.31. The minimum absolute atomic E-state index is 0.0288. The zero-order valence-electron chi connectivity index (χ0n) is 17.2. The Hall–Kier alpha value is -3.06. The minimum atomic E-state index is -0.305. The zero-order valence-corrected chi connectivity index (χ0v) is 18.0. The Labute approximate surface area is 179 Å². The Morgan fingerprint density at radius 2 is 2.03 bits per heavy atom. The molecule has 0 radical (unpaired) electrons. The number of fused-ring (bicyclic) bond motifs is 1. The van der Waals surface area contributed by atoms with Crippen LogP contribution in [0.3, 0.4) is 0 Å². The lowest BCUT2D eigenvalue weighted by Gasteiger charge is -2.16. The number of hydrogen-bond acceptors (Lipinski definition) is 5. The van der Waals surface area contributed by atoms with Crippen LogP contribution < -0.4 is 9.64 Å². The number of benzene rings is 2. The van der Waals surface area contributed by atoms with Gasteiger partial charge in [-0.3, -0.25) is 14.2 Å². The summed E-state index contributed by atoms with van der Waals surface area (Å²) in [5, 5.41) is 0.438. The molecular weight excluding hydrogens is 398 g/mol. The van der Waals surface area contributed by atoms with E-state index in [0.717, 1.165) is 34.3 Å². The third-order valence-electron chi connectivity index (χ3n) is 5.23. The Kier molecular flexibility index (Phi) is 5.63. The largest absolute Gasteiger partial charge is 0.497 e. The number of Topliss-reactive ketones (excluding diaryl/α,β-unsaturated/α-hetero) is 1. The van der Waals surface area contributed by atoms with Crippen molar-refractivity contribution < 1.29 is 14.3 Å². The average molecular weight is 422 g/mol. The fourth-order valence-corrected chi connectivity index (χ4v) is 4.62. The van der Waals surface area contributed by atoms with Gasteiger partial charge in [-0.1, -0.05) is 17.8 Å². The summed E-state index contributed by atoms with van der Waals surface area (Å²) in [4.78, 5) is 31.0. The minimum Gasteiger partial charge on any atom is -0.497 e. The first kappa shape index (κ1) is 20.2. The predicted molar refractivity (Wildman–Crippen MR) is 118 cm³/mol. The zero-order chi connectivity index (χ0) is 21.3. The van der Waals surface area contributed by atoms with Gasteiger partial charge < -0.3 is 9.64 Å². The fraction of sp³-hybridized carbons (Fsp3) is 0.261. The summed E-state index contributed by atoms with van der Waals surface area (Å²) in [6, 6.07) is 13.3. The molecule has 7 heteroatoms. The van der Waals surface area contributed by atoms with E-state index < -0.39 is 0 Å². The Morgan fingerprint density at radius 1 is 1.20 bits per heavy atom. The molecule has 154 valence electrons. The molecule has 2 aromatic carbocycles. The van der Waals surface area contributed by atoms with Crippen LogP contribution in [-0.2, 0) is 11.2 Å². The van der Waals surface area contributed by atoms with E-state index >= 15 is 0 Å². The fourth-order valence-electron chi connectivity index (χ4n) is 3.66. The quantitative estimate of drug-likeness (QED) is 0.442. The van der Waals surface area contributed by atoms with Crippen LogP contribution in [-0.4, -0.2) is 40.1 Å². The maximum Gasteiger partial charge on any atom is 0.223 e. The van der Waals surface area contributed by atoms with Gasteiger partial charge in [0.2, 0.25) is 5.91 Å². The Morgan fingerprint density at radius 3 is 2.80 bits per heavy atom. The number of ketones is 1. The number of hydrogen-bond donors (Lipinski definition) is 0. The maximum absolute atomic E-state index is 13.1. The molecule has 4 rings (SSSR count). The monoisotopic (exact) mass is 421 g/mol. The second kappa shape index (κ2) is 8.36. The normalized spacial score (nSPS) is 13.8. The highest BCUT2D eigenvalue weighted by Gasteiger charge is 2.25. The molecule has 3 aromatic rings. The van der Waals surface area contributed by atoms with E-state index in [1.54, 1.807) is 25.1 Å². The van der Waals surface area contributed by atoms with Crippen molar-refractivity contribution in [2.75, 3.05) is 18.6 Å². The number of methoxy groups -OCH3 is 1. The second-order valence-electron chi connectivity index (χ2n) is 7.17. The van der Waals surface area contributed by atoms with Gasteiger partial charge in [0.05, 0.1) is 18.0 Å². The molecule has 0 saturated carbocycles. The highest BCUT2D eigenvalue weighted by Crippen LogP contribution is 2.32. The first-order valence-corrected chi connectivity index (χ1v) is 10.7. The highest BCUT2D eigenvalue weighted by molar-refractivity contribution is 8.00. The number of imidazole rings is 1. The van der Waals surface area contributed by atoms with E-state index in [1.165, 1.54) is 11.8 Å². The van der Waals surface area contributed by atoms with Crippen LogP contribution in [0.15, 0.2) is 60.0 Å². The van der Waals surface area contributed by atoms with Gasteiger partial charge in [0.1, 0.15) is 5.75 Å². The number of aromatic nitrogens is 2. The molecule has 1 aliphatic heterocycles. The number of anilines is 1. The van der Waals surface area contributed by atoms with Crippen molar-refractivity contribution in [1.29, 1.82) is 0 Å². The molecule has 30 heavy (non-hydrogen) atoms. The smallest absolute Gasteiger partial charge is 0.223 e. The van der Waals surface area contributed by atoms with Crippen molar-refractivity contribution in [3.8, 4) is 11.4 Å². The molecule has 0 fully saturated rings. The molecular formula is C23H23N3O3S. The van der Waals surface area contributed by atoms with E-state index in [1.807, 2.05) is 60.2 Å². The van der Waals surface area contributed by atoms with Gasteiger partial charge in [0, 0.05) is 43.2 Å². The van der Waals surface area contributed by atoms with Gasteiger partial charge in [-0.15, -0.1) is 0 Å². The molecule has 2 heterocycles. The van der Waals surface area contributed by atoms with Crippen LogP contribution in [0.4, 0.5) is 5.69 Å². The molecule has 1 amide bonds. The first-order valence-electron chi connectivity index (χ1n) is 9.77. The third kappa shape index (κ3) is 3.85. The van der Waals surface area contributed by atoms with Crippen molar-refractivity contribution in [2.45, 2.75) is 30.7 Å². The molecule has 0 N–H and O–H groups in total. The van der Waals surface area contributed by atoms with Gasteiger partial charge in [-0.25, -0.2) is 4.98 Å². The molecule has 0 bridgehead atoms. The SMILES string of the molecule is COc1cccc(-n2ccnc2S[C@H](C)C(=O)c2ccc3c(c2)CCN3C(C)=O)c1. The highest BCUT2D eigenvalue weighted by atomic mass is 32.2. The number of amides is 1. The summed E-state index contributed by atoms with van der Waals surface area (Å²) in [6.45, 7) is 4.13. The van der Waals surface area contributed by atoms with E-state index in [9.17, 15) is 9.59 Å². The van der Waals surface area contributed by atoms with Gasteiger partial charge in [-0.05, 0) is 49.2 Å². The number of nitrogens with zero attached hydrogens (tertiary/aromatic N) is 3.